The molecule has 2 heterocycles. The molecule has 0 spiro atoms. The molecule has 5 nitrogen and oxygen atoms in total. The zero-order valence-electron chi connectivity index (χ0n) is 16.0. The van der Waals surface area contributed by atoms with Crippen LogP contribution >= 0.6 is 35.7 Å². The zero-order chi connectivity index (χ0) is 17.1. The number of nitrogens with zero attached hydrogens (tertiary/aromatic N) is 2. The second kappa shape index (κ2) is 13.4. The van der Waals surface area contributed by atoms with Crippen molar-refractivity contribution >= 4 is 41.7 Å². The number of hydrogen-bond acceptors (Lipinski definition) is 4. The Morgan fingerprint density at radius 1 is 1.16 bits per heavy atom. The number of hydrogen-bond donors (Lipinski definition) is 2. The summed E-state index contributed by atoms with van der Waals surface area (Å²) in [6, 6.07) is 0. The summed E-state index contributed by atoms with van der Waals surface area (Å²) in [6.45, 7) is 11.1. The number of aliphatic imine (C=N–C) groups is 1. The molecule has 2 N–H and O–H groups in total. The number of morpholine rings is 1. The molecular weight excluding hydrogens is 447 g/mol. The maximum Gasteiger partial charge on any atom is 0.191 e. The Morgan fingerprint density at radius 2 is 1.96 bits per heavy atom. The summed E-state index contributed by atoms with van der Waals surface area (Å²) in [6.07, 6.45) is 6.39. The van der Waals surface area contributed by atoms with E-state index >= 15 is 0 Å². The van der Waals surface area contributed by atoms with Crippen molar-refractivity contribution in [2.24, 2.45) is 4.99 Å². The van der Waals surface area contributed by atoms with Gasteiger partial charge in [-0.2, -0.15) is 11.8 Å². The van der Waals surface area contributed by atoms with Gasteiger partial charge in [0.2, 0.25) is 0 Å². The van der Waals surface area contributed by atoms with Crippen LogP contribution in [0, 0.1) is 0 Å². The zero-order valence-corrected chi connectivity index (χ0v) is 19.2. The van der Waals surface area contributed by atoms with E-state index in [2.05, 4.69) is 41.1 Å². The molecule has 2 rings (SSSR count). The molecule has 0 aromatic rings. The van der Waals surface area contributed by atoms with Gasteiger partial charge in [0.1, 0.15) is 0 Å². The van der Waals surface area contributed by atoms with Gasteiger partial charge in [0.25, 0.3) is 0 Å². The van der Waals surface area contributed by atoms with E-state index < -0.39 is 0 Å². The first-order valence-electron chi connectivity index (χ1n) is 9.73. The first-order valence-corrected chi connectivity index (χ1v) is 10.9. The molecule has 0 radical (unpaired) electrons. The summed E-state index contributed by atoms with van der Waals surface area (Å²) in [5.41, 5.74) is 0.235. The Kier molecular flexibility index (Phi) is 12.5. The van der Waals surface area contributed by atoms with E-state index in [9.17, 15) is 0 Å². The van der Waals surface area contributed by atoms with Gasteiger partial charge in [-0.25, -0.2) is 0 Å². The van der Waals surface area contributed by atoms with Gasteiger partial charge in [-0.3, -0.25) is 9.89 Å². The van der Waals surface area contributed by atoms with E-state index in [-0.39, 0.29) is 29.5 Å². The van der Waals surface area contributed by atoms with Gasteiger partial charge in [-0.05, 0) is 25.5 Å². The molecule has 0 bridgehead atoms. The normalized spacial score (nSPS) is 24.8. The third kappa shape index (κ3) is 7.81. The highest BCUT2D eigenvalue weighted by Crippen LogP contribution is 2.34. The lowest BCUT2D eigenvalue weighted by atomic mass is 9.96. The Balaban J connectivity index is 0.00000312. The van der Waals surface area contributed by atoms with Gasteiger partial charge in [-0.15, -0.1) is 24.0 Å². The molecule has 0 saturated carbocycles. The van der Waals surface area contributed by atoms with E-state index in [4.69, 9.17) is 9.73 Å². The number of halogens is 1. The molecule has 1 atom stereocenters. The van der Waals surface area contributed by atoms with E-state index in [0.717, 1.165) is 51.9 Å². The minimum atomic E-state index is 0. The lowest BCUT2D eigenvalue weighted by Crippen LogP contribution is -2.56. The van der Waals surface area contributed by atoms with Crippen LogP contribution in [0.1, 0.15) is 46.0 Å². The van der Waals surface area contributed by atoms with Crippen LogP contribution in [0.3, 0.4) is 0 Å². The second-order valence-corrected chi connectivity index (χ2v) is 7.91. The molecule has 2 saturated heterocycles. The van der Waals surface area contributed by atoms with Crippen molar-refractivity contribution in [3.63, 3.8) is 0 Å². The third-order valence-corrected chi connectivity index (χ3v) is 6.20. The van der Waals surface area contributed by atoms with Gasteiger partial charge in [0.05, 0.1) is 25.3 Å². The molecule has 1 unspecified atom stereocenters. The Labute approximate surface area is 175 Å². The summed E-state index contributed by atoms with van der Waals surface area (Å²) < 4.78 is 5.54. The van der Waals surface area contributed by atoms with Gasteiger partial charge in [0.15, 0.2) is 5.96 Å². The third-order valence-electron chi connectivity index (χ3n) is 4.96. The van der Waals surface area contributed by atoms with E-state index in [1.165, 1.54) is 43.6 Å². The van der Waals surface area contributed by atoms with Crippen molar-refractivity contribution in [3.8, 4) is 0 Å². The first-order chi connectivity index (χ1) is 11.8. The second-order valence-electron chi connectivity index (χ2n) is 6.81. The molecular formula is C18H37IN4OS. The monoisotopic (exact) mass is 484 g/mol. The highest BCUT2D eigenvalue weighted by atomic mass is 127. The van der Waals surface area contributed by atoms with Crippen LogP contribution in [-0.2, 0) is 4.74 Å². The number of thioether (sulfide) groups is 1. The van der Waals surface area contributed by atoms with Crippen LogP contribution in [0.25, 0.3) is 0 Å². The topological polar surface area (TPSA) is 48.9 Å². The van der Waals surface area contributed by atoms with Crippen molar-refractivity contribution in [2.45, 2.75) is 51.5 Å². The average Bonchev–Trinajstić information content (AvgIpc) is 3.10. The SMILES string of the molecule is CCCCCCNC(=NCC1(N2CCOCC2)CCSC1)NCC.I. The predicted molar refractivity (Wildman–Crippen MR) is 121 cm³/mol. The Hall–Kier alpha value is 0.270. The van der Waals surface area contributed by atoms with Crippen LogP contribution in [0.4, 0.5) is 0 Å². The van der Waals surface area contributed by atoms with Crippen LogP contribution in [0.15, 0.2) is 4.99 Å². The van der Waals surface area contributed by atoms with Gasteiger partial charge in [0, 0.05) is 31.9 Å². The van der Waals surface area contributed by atoms with Crippen LogP contribution in [0.2, 0.25) is 0 Å². The lowest BCUT2D eigenvalue weighted by molar-refractivity contribution is -0.0104. The molecule has 0 aromatic carbocycles. The highest BCUT2D eigenvalue weighted by molar-refractivity contribution is 14.0. The standard InChI is InChI=1S/C18H36N4OS.HI/c1-3-5-6-7-9-20-17(19-4-2)21-15-18(8-14-24-16-18)22-10-12-23-13-11-22;/h3-16H2,1-2H3,(H2,19,20,21);1H. The fourth-order valence-electron chi connectivity index (χ4n) is 3.43. The molecule has 148 valence electrons. The Morgan fingerprint density at radius 3 is 2.60 bits per heavy atom. The minimum Gasteiger partial charge on any atom is -0.379 e. The van der Waals surface area contributed by atoms with Gasteiger partial charge >= 0.3 is 0 Å². The van der Waals surface area contributed by atoms with Crippen molar-refractivity contribution in [1.29, 1.82) is 0 Å². The maximum absolute atomic E-state index is 5.54. The van der Waals surface area contributed by atoms with Crippen molar-refractivity contribution in [3.05, 3.63) is 0 Å². The van der Waals surface area contributed by atoms with Crippen molar-refractivity contribution in [1.82, 2.24) is 15.5 Å². The van der Waals surface area contributed by atoms with Gasteiger partial charge in [-0.1, -0.05) is 26.2 Å². The molecule has 2 aliphatic rings. The highest BCUT2D eigenvalue weighted by Gasteiger charge is 2.40. The number of nitrogens with one attached hydrogen (secondary N) is 2. The molecule has 2 aliphatic heterocycles. The average molecular weight is 484 g/mol. The van der Waals surface area contributed by atoms with E-state index in [1.54, 1.807) is 0 Å². The minimum absolute atomic E-state index is 0. The molecule has 25 heavy (non-hydrogen) atoms. The summed E-state index contributed by atoms with van der Waals surface area (Å²) in [7, 11) is 0. The smallest absolute Gasteiger partial charge is 0.191 e. The summed E-state index contributed by atoms with van der Waals surface area (Å²) >= 11 is 2.07. The molecule has 0 amide bonds. The van der Waals surface area contributed by atoms with Crippen LogP contribution in [0.5, 0.6) is 0 Å². The molecule has 0 aliphatic carbocycles. The van der Waals surface area contributed by atoms with E-state index in [0.29, 0.717) is 0 Å². The number of guanidine groups is 1. The fraction of sp³-hybridized carbons (Fsp3) is 0.944. The molecule has 7 heteroatoms. The molecule has 2 fully saturated rings. The summed E-state index contributed by atoms with van der Waals surface area (Å²) in [5.74, 6) is 3.44. The summed E-state index contributed by atoms with van der Waals surface area (Å²) in [5, 5.41) is 6.92. The summed E-state index contributed by atoms with van der Waals surface area (Å²) in [4.78, 5) is 7.59. The molecule has 0 aromatic heterocycles. The maximum atomic E-state index is 5.54. The largest absolute Gasteiger partial charge is 0.379 e. The number of ether oxygens (including phenoxy) is 1. The van der Waals surface area contributed by atoms with Crippen LogP contribution < -0.4 is 10.6 Å². The Bertz CT molecular complexity index is 372. The quantitative estimate of drug-likeness (QED) is 0.228. The van der Waals surface area contributed by atoms with Crippen molar-refractivity contribution in [2.75, 3.05) is 57.4 Å². The van der Waals surface area contributed by atoms with Crippen LogP contribution in [-0.4, -0.2) is 73.8 Å². The first kappa shape index (κ1) is 23.3. The van der Waals surface area contributed by atoms with Crippen molar-refractivity contribution < 1.29 is 4.74 Å². The lowest BCUT2D eigenvalue weighted by Gasteiger charge is -2.42. The fourth-order valence-corrected chi connectivity index (χ4v) is 4.90. The van der Waals surface area contributed by atoms with E-state index in [1.807, 2.05) is 0 Å². The number of rotatable bonds is 9. The number of unbranched alkanes of at least 4 members (excludes halogenated alkanes) is 3. The van der Waals surface area contributed by atoms with Gasteiger partial charge < -0.3 is 15.4 Å². The predicted octanol–water partition coefficient (Wildman–Crippen LogP) is 2.95.